The molecular weight excluding hydrogens is 302 g/mol. The summed E-state index contributed by atoms with van der Waals surface area (Å²) in [7, 11) is 3.82. The monoisotopic (exact) mass is 321 g/mol. The van der Waals surface area contributed by atoms with Gasteiger partial charge >= 0.3 is 0 Å². The van der Waals surface area contributed by atoms with E-state index in [9.17, 15) is 4.79 Å². The zero-order valence-electron chi connectivity index (χ0n) is 13.7. The van der Waals surface area contributed by atoms with Crippen molar-refractivity contribution >= 4 is 11.7 Å². The van der Waals surface area contributed by atoms with E-state index in [-0.39, 0.29) is 5.91 Å². The molecule has 0 aliphatic carbocycles. The number of hydrogen-bond acceptors (Lipinski definition) is 4. The number of rotatable bonds is 5. The van der Waals surface area contributed by atoms with Crippen molar-refractivity contribution in [2.75, 3.05) is 19.0 Å². The van der Waals surface area contributed by atoms with Crippen LogP contribution in [0.2, 0.25) is 0 Å². The van der Waals surface area contributed by atoms with E-state index in [1.807, 2.05) is 60.1 Å². The fraction of sp³-hybridized carbons (Fsp3) is 0.167. The first-order chi connectivity index (χ1) is 11.6. The SMILES string of the molecule is CN(C)c1ccc(C(=O)NCc2ccc(-n3ccnc3)cc2)cn1. The van der Waals surface area contributed by atoms with E-state index in [1.54, 1.807) is 24.8 Å². The first-order valence-electron chi connectivity index (χ1n) is 7.62. The van der Waals surface area contributed by atoms with E-state index in [0.29, 0.717) is 12.1 Å². The zero-order chi connectivity index (χ0) is 16.9. The molecule has 0 saturated carbocycles. The van der Waals surface area contributed by atoms with Crippen molar-refractivity contribution in [2.45, 2.75) is 6.54 Å². The van der Waals surface area contributed by atoms with Crippen LogP contribution in [0.15, 0.2) is 61.3 Å². The lowest BCUT2D eigenvalue weighted by Gasteiger charge is -2.11. The van der Waals surface area contributed by atoms with Crippen LogP contribution in [-0.2, 0) is 6.54 Å². The molecule has 0 unspecified atom stereocenters. The average Bonchev–Trinajstić information content (AvgIpc) is 3.15. The van der Waals surface area contributed by atoms with Crippen LogP contribution in [0.1, 0.15) is 15.9 Å². The highest BCUT2D eigenvalue weighted by Crippen LogP contribution is 2.10. The topological polar surface area (TPSA) is 63.1 Å². The number of aromatic nitrogens is 3. The third-order valence-corrected chi connectivity index (χ3v) is 3.66. The number of benzene rings is 1. The molecule has 0 spiro atoms. The first kappa shape index (κ1) is 15.7. The van der Waals surface area contributed by atoms with Gasteiger partial charge in [0.05, 0.1) is 11.9 Å². The fourth-order valence-corrected chi connectivity index (χ4v) is 2.27. The molecule has 0 aliphatic rings. The van der Waals surface area contributed by atoms with Crippen LogP contribution >= 0.6 is 0 Å². The summed E-state index contributed by atoms with van der Waals surface area (Å²) in [6.07, 6.45) is 6.97. The molecule has 0 atom stereocenters. The number of pyridine rings is 1. The van der Waals surface area contributed by atoms with E-state index in [0.717, 1.165) is 17.1 Å². The summed E-state index contributed by atoms with van der Waals surface area (Å²) in [5, 5.41) is 2.91. The lowest BCUT2D eigenvalue weighted by atomic mass is 10.2. The van der Waals surface area contributed by atoms with Crippen LogP contribution in [0.25, 0.3) is 5.69 Å². The summed E-state index contributed by atoms with van der Waals surface area (Å²) in [6.45, 7) is 0.471. The molecule has 0 aliphatic heterocycles. The van der Waals surface area contributed by atoms with Gasteiger partial charge < -0.3 is 14.8 Å². The van der Waals surface area contributed by atoms with Crippen molar-refractivity contribution < 1.29 is 4.79 Å². The van der Waals surface area contributed by atoms with Gasteiger partial charge in [0.1, 0.15) is 5.82 Å². The Hall–Kier alpha value is -3.15. The Bertz CT molecular complexity index is 792. The van der Waals surface area contributed by atoms with Gasteiger partial charge in [-0.3, -0.25) is 4.79 Å². The Morgan fingerprint density at radius 2 is 1.96 bits per heavy atom. The molecule has 1 amide bonds. The standard InChI is InChI=1S/C18H19N5O/c1-22(2)17-8-5-15(12-20-17)18(24)21-11-14-3-6-16(7-4-14)23-10-9-19-13-23/h3-10,12-13H,11H2,1-2H3,(H,21,24). The number of carbonyl (C=O) groups is 1. The minimum atomic E-state index is -0.133. The van der Waals surface area contributed by atoms with Crippen molar-refractivity contribution in [3.05, 3.63) is 72.4 Å². The van der Waals surface area contributed by atoms with Crippen molar-refractivity contribution in [3.63, 3.8) is 0 Å². The summed E-state index contributed by atoms with van der Waals surface area (Å²) in [6, 6.07) is 11.6. The number of amides is 1. The van der Waals surface area contributed by atoms with Gasteiger partial charge in [-0.2, -0.15) is 0 Å². The van der Waals surface area contributed by atoms with Gasteiger partial charge in [-0.1, -0.05) is 12.1 Å². The van der Waals surface area contributed by atoms with Crippen LogP contribution in [-0.4, -0.2) is 34.5 Å². The van der Waals surface area contributed by atoms with Crippen LogP contribution in [0, 0.1) is 0 Å². The maximum atomic E-state index is 12.2. The highest BCUT2D eigenvalue weighted by atomic mass is 16.1. The molecule has 0 saturated heterocycles. The molecule has 122 valence electrons. The van der Waals surface area contributed by atoms with E-state index in [1.165, 1.54) is 0 Å². The Morgan fingerprint density at radius 1 is 1.17 bits per heavy atom. The Morgan fingerprint density at radius 3 is 2.54 bits per heavy atom. The number of nitrogens with zero attached hydrogens (tertiary/aromatic N) is 4. The van der Waals surface area contributed by atoms with E-state index < -0.39 is 0 Å². The van der Waals surface area contributed by atoms with Gasteiger partial charge in [0.2, 0.25) is 0 Å². The summed E-state index contributed by atoms with van der Waals surface area (Å²) in [4.78, 5) is 22.3. The smallest absolute Gasteiger partial charge is 0.253 e. The second-order valence-corrected chi connectivity index (χ2v) is 5.62. The molecule has 3 rings (SSSR count). The highest BCUT2D eigenvalue weighted by Gasteiger charge is 2.07. The van der Waals surface area contributed by atoms with Crippen LogP contribution < -0.4 is 10.2 Å². The van der Waals surface area contributed by atoms with Gasteiger partial charge in [-0.15, -0.1) is 0 Å². The van der Waals surface area contributed by atoms with Crippen molar-refractivity contribution in [2.24, 2.45) is 0 Å². The van der Waals surface area contributed by atoms with Gasteiger partial charge in [-0.05, 0) is 29.8 Å². The van der Waals surface area contributed by atoms with Crippen molar-refractivity contribution in [1.29, 1.82) is 0 Å². The molecule has 0 bridgehead atoms. The van der Waals surface area contributed by atoms with Gasteiger partial charge in [0, 0.05) is 44.9 Å². The predicted octanol–water partition coefficient (Wildman–Crippen LogP) is 2.26. The van der Waals surface area contributed by atoms with Crippen LogP contribution in [0.3, 0.4) is 0 Å². The minimum absolute atomic E-state index is 0.133. The number of carbonyl (C=O) groups excluding carboxylic acids is 1. The third kappa shape index (κ3) is 3.60. The molecule has 0 radical (unpaired) electrons. The Balaban J connectivity index is 1.59. The largest absolute Gasteiger partial charge is 0.363 e. The number of anilines is 1. The minimum Gasteiger partial charge on any atom is -0.363 e. The predicted molar refractivity (Wildman–Crippen MR) is 93.3 cm³/mol. The van der Waals surface area contributed by atoms with E-state index in [2.05, 4.69) is 15.3 Å². The van der Waals surface area contributed by atoms with Crippen molar-refractivity contribution in [3.8, 4) is 5.69 Å². The average molecular weight is 321 g/mol. The Kier molecular flexibility index (Phi) is 4.56. The van der Waals surface area contributed by atoms with E-state index >= 15 is 0 Å². The molecular formula is C18H19N5O. The summed E-state index contributed by atoms with van der Waals surface area (Å²) in [5.74, 6) is 0.688. The zero-order valence-corrected chi connectivity index (χ0v) is 13.7. The molecule has 0 fully saturated rings. The number of hydrogen-bond donors (Lipinski definition) is 1. The summed E-state index contributed by atoms with van der Waals surface area (Å²) < 4.78 is 1.93. The fourth-order valence-electron chi connectivity index (χ4n) is 2.27. The lowest BCUT2D eigenvalue weighted by Crippen LogP contribution is -2.23. The van der Waals surface area contributed by atoms with Crippen LogP contribution in [0.5, 0.6) is 0 Å². The Labute approximate surface area is 140 Å². The molecule has 3 aromatic rings. The lowest BCUT2D eigenvalue weighted by molar-refractivity contribution is 0.0950. The molecule has 2 aromatic heterocycles. The number of imidazole rings is 1. The van der Waals surface area contributed by atoms with Gasteiger partial charge in [0.25, 0.3) is 5.91 Å². The second kappa shape index (κ2) is 6.95. The maximum absolute atomic E-state index is 12.2. The molecule has 1 aromatic carbocycles. The number of nitrogens with one attached hydrogen (secondary N) is 1. The molecule has 6 heteroatoms. The van der Waals surface area contributed by atoms with E-state index in [4.69, 9.17) is 0 Å². The van der Waals surface area contributed by atoms with Gasteiger partial charge in [0.15, 0.2) is 0 Å². The molecule has 2 heterocycles. The normalized spacial score (nSPS) is 10.4. The van der Waals surface area contributed by atoms with Crippen molar-refractivity contribution in [1.82, 2.24) is 19.9 Å². The highest BCUT2D eigenvalue weighted by molar-refractivity contribution is 5.94. The molecule has 1 N–H and O–H groups in total. The third-order valence-electron chi connectivity index (χ3n) is 3.66. The van der Waals surface area contributed by atoms with Gasteiger partial charge in [-0.25, -0.2) is 9.97 Å². The first-order valence-corrected chi connectivity index (χ1v) is 7.62. The van der Waals surface area contributed by atoms with Crippen LogP contribution in [0.4, 0.5) is 5.82 Å². The molecule has 6 nitrogen and oxygen atoms in total. The summed E-state index contributed by atoms with van der Waals surface area (Å²) >= 11 is 0. The molecule has 24 heavy (non-hydrogen) atoms. The maximum Gasteiger partial charge on any atom is 0.253 e. The second-order valence-electron chi connectivity index (χ2n) is 5.62. The quantitative estimate of drug-likeness (QED) is 0.783. The summed E-state index contributed by atoms with van der Waals surface area (Å²) in [5.41, 5.74) is 2.62.